The molecule has 31 heavy (non-hydrogen) atoms. The first-order chi connectivity index (χ1) is 14.9. The lowest BCUT2D eigenvalue weighted by molar-refractivity contribution is -0.121. The predicted octanol–water partition coefficient (Wildman–Crippen LogP) is 4.19. The molecule has 1 aromatic heterocycles. The number of ether oxygens (including phenoxy) is 1. The van der Waals surface area contributed by atoms with Crippen LogP contribution in [0, 0.1) is 13.8 Å². The first-order valence-electron chi connectivity index (χ1n) is 10.3. The summed E-state index contributed by atoms with van der Waals surface area (Å²) in [4.78, 5) is 39.3. The molecule has 1 aliphatic rings. The van der Waals surface area contributed by atoms with Gasteiger partial charge in [-0.15, -0.1) is 0 Å². The van der Waals surface area contributed by atoms with Crippen molar-refractivity contribution in [1.82, 2.24) is 0 Å². The minimum absolute atomic E-state index is 0.00353. The van der Waals surface area contributed by atoms with Crippen molar-refractivity contribution in [2.45, 2.75) is 33.6 Å². The zero-order chi connectivity index (χ0) is 22.1. The molecule has 7 heteroatoms. The third-order valence-electron chi connectivity index (χ3n) is 5.46. The lowest BCUT2D eigenvalue weighted by Crippen LogP contribution is -2.39. The highest BCUT2D eigenvalue weighted by atomic mass is 16.5. The van der Waals surface area contributed by atoms with Crippen molar-refractivity contribution in [3.63, 3.8) is 0 Å². The number of nitrogens with one attached hydrogen (secondary N) is 1. The summed E-state index contributed by atoms with van der Waals surface area (Å²) in [6, 6.07) is 9.84. The predicted molar refractivity (Wildman–Crippen MR) is 119 cm³/mol. The van der Waals surface area contributed by atoms with E-state index in [1.165, 1.54) is 6.07 Å². The van der Waals surface area contributed by atoms with Gasteiger partial charge in [-0.25, -0.2) is 0 Å². The molecule has 0 aliphatic carbocycles. The van der Waals surface area contributed by atoms with E-state index in [0.29, 0.717) is 34.6 Å². The van der Waals surface area contributed by atoms with Crippen LogP contribution in [0.2, 0.25) is 0 Å². The molecule has 2 aromatic carbocycles. The molecule has 2 amide bonds. The number of fused-ring (bicyclic) bond motifs is 2. The van der Waals surface area contributed by atoms with Crippen molar-refractivity contribution < 1.29 is 18.7 Å². The van der Waals surface area contributed by atoms with E-state index in [2.05, 4.69) is 12.2 Å². The molecule has 1 N–H and O–H groups in total. The second-order valence-electron chi connectivity index (χ2n) is 7.73. The fourth-order valence-electron chi connectivity index (χ4n) is 3.56. The number of nitrogens with zero attached hydrogens (tertiary/aromatic N) is 1. The van der Waals surface area contributed by atoms with Gasteiger partial charge < -0.3 is 19.4 Å². The van der Waals surface area contributed by atoms with E-state index in [1.54, 1.807) is 35.2 Å². The summed E-state index contributed by atoms with van der Waals surface area (Å²) in [5, 5.41) is 3.19. The van der Waals surface area contributed by atoms with E-state index in [4.69, 9.17) is 9.15 Å². The molecule has 0 bridgehead atoms. The summed E-state index contributed by atoms with van der Waals surface area (Å²) in [5.41, 5.74) is 3.15. The van der Waals surface area contributed by atoms with Gasteiger partial charge in [0, 0.05) is 18.3 Å². The smallest absolute Gasteiger partial charge is 0.291 e. The molecular weight excluding hydrogens is 396 g/mol. The van der Waals surface area contributed by atoms with Gasteiger partial charge >= 0.3 is 0 Å². The van der Waals surface area contributed by atoms with Crippen LogP contribution in [0.1, 0.15) is 41.4 Å². The highest BCUT2D eigenvalue weighted by Crippen LogP contribution is 2.35. The van der Waals surface area contributed by atoms with Crippen molar-refractivity contribution in [2.24, 2.45) is 0 Å². The lowest BCUT2D eigenvalue weighted by atomic mass is 10.1. The molecule has 3 aromatic rings. The average molecular weight is 420 g/mol. The summed E-state index contributed by atoms with van der Waals surface area (Å²) < 4.78 is 11.2. The Morgan fingerprint density at radius 3 is 2.65 bits per heavy atom. The summed E-state index contributed by atoms with van der Waals surface area (Å²) in [6.07, 6.45) is 1.82. The fourth-order valence-corrected chi connectivity index (χ4v) is 3.56. The molecule has 0 saturated heterocycles. The van der Waals surface area contributed by atoms with Gasteiger partial charge in [-0.3, -0.25) is 14.4 Å². The molecule has 2 heterocycles. The number of hydrogen-bond donors (Lipinski definition) is 1. The number of hydrogen-bond acceptors (Lipinski definition) is 5. The van der Waals surface area contributed by atoms with Crippen LogP contribution in [0.25, 0.3) is 11.0 Å². The Balaban J connectivity index is 1.63. The Labute approximate surface area is 179 Å². The van der Waals surface area contributed by atoms with E-state index in [1.807, 2.05) is 13.8 Å². The summed E-state index contributed by atoms with van der Waals surface area (Å²) in [7, 11) is 0. The molecule has 0 atom stereocenters. The lowest BCUT2D eigenvalue weighted by Gasteiger charge is -2.29. The number of benzene rings is 2. The highest BCUT2D eigenvalue weighted by molar-refractivity contribution is 6.04. The van der Waals surface area contributed by atoms with Gasteiger partial charge in [0.25, 0.3) is 11.8 Å². The van der Waals surface area contributed by atoms with Crippen LogP contribution in [0.3, 0.4) is 0 Å². The van der Waals surface area contributed by atoms with Gasteiger partial charge in [0.15, 0.2) is 17.8 Å². The normalized spacial score (nSPS) is 13.1. The average Bonchev–Trinajstić information content (AvgIpc) is 2.74. The fraction of sp³-hybridized carbons (Fsp3) is 0.292. The SMILES string of the molecule is CCCCN1C(=O)COc2ccc(NC(=O)c3cc(=O)c4cc(C)c(C)cc4o3)cc21. The van der Waals surface area contributed by atoms with E-state index in [9.17, 15) is 14.4 Å². The van der Waals surface area contributed by atoms with Gasteiger partial charge in [0.1, 0.15) is 11.3 Å². The number of carbonyl (C=O) groups is 2. The third kappa shape index (κ3) is 4.03. The van der Waals surface area contributed by atoms with Gasteiger partial charge in [0.2, 0.25) is 0 Å². The van der Waals surface area contributed by atoms with Crippen LogP contribution in [-0.4, -0.2) is 25.0 Å². The molecular formula is C24H24N2O5. The Morgan fingerprint density at radius 1 is 1.10 bits per heavy atom. The number of rotatable bonds is 5. The maximum Gasteiger partial charge on any atom is 0.291 e. The van der Waals surface area contributed by atoms with Gasteiger partial charge in [0.05, 0.1) is 11.1 Å². The van der Waals surface area contributed by atoms with Crippen LogP contribution in [0.15, 0.2) is 45.6 Å². The Morgan fingerprint density at radius 2 is 1.87 bits per heavy atom. The summed E-state index contributed by atoms with van der Waals surface area (Å²) in [5.74, 6) is -0.138. The van der Waals surface area contributed by atoms with Crippen molar-refractivity contribution in [1.29, 1.82) is 0 Å². The van der Waals surface area contributed by atoms with Crippen LogP contribution >= 0.6 is 0 Å². The second-order valence-corrected chi connectivity index (χ2v) is 7.73. The van der Waals surface area contributed by atoms with Gasteiger partial charge in [-0.2, -0.15) is 0 Å². The Kier molecular flexibility index (Phi) is 5.50. The van der Waals surface area contributed by atoms with E-state index >= 15 is 0 Å². The molecule has 0 radical (unpaired) electrons. The van der Waals surface area contributed by atoms with Gasteiger partial charge in [-0.1, -0.05) is 13.3 Å². The van der Waals surface area contributed by atoms with E-state index in [-0.39, 0.29) is 23.7 Å². The van der Waals surface area contributed by atoms with Crippen LogP contribution in [0.5, 0.6) is 5.75 Å². The number of anilines is 2. The van der Waals surface area contributed by atoms with E-state index in [0.717, 1.165) is 24.0 Å². The maximum atomic E-state index is 12.8. The Bertz CT molecular complexity index is 1240. The summed E-state index contributed by atoms with van der Waals surface area (Å²) in [6.45, 7) is 6.49. The van der Waals surface area contributed by atoms with Crippen molar-refractivity contribution in [3.8, 4) is 5.75 Å². The molecule has 0 spiro atoms. The van der Waals surface area contributed by atoms with E-state index < -0.39 is 5.91 Å². The molecule has 7 nitrogen and oxygen atoms in total. The zero-order valence-corrected chi connectivity index (χ0v) is 17.8. The molecule has 0 unspecified atom stereocenters. The zero-order valence-electron chi connectivity index (χ0n) is 17.8. The minimum Gasteiger partial charge on any atom is -0.482 e. The van der Waals surface area contributed by atoms with Crippen molar-refractivity contribution in [2.75, 3.05) is 23.4 Å². The first kappa shape index (κ1) is 20.7. The van der Waals surface area contributed by atoms with Crippen molar-refractivity contribution >= 4 is 34.2 Å². The monoisotopic (exact) mass is 420 g/mol. The topological polar surface area (TPSA) is 88.9 Å². The number of unbranched alkanes of at least 4 members (excludes halogenated alkanes) is 1. The van der Waals surface area contributed by atoms with Gasteiger partial charge in [-0.05, 0) is 61.7 Å². The molecule has 0 saturated carbocycles. The number of amides is 2. The second kappa shape index (κ2) is 8.26. The standard InChI is InChI=1S/C24H24N2O5/c1-4-5-8-26-18-11-16(6-7-20(18)30-13-23(26)28)25-24(29)22-12-19(27)17-9-14(2)15(3)10-21(17)31-22/h6-7,9-12H,4-5,8,13H2,1-3H3,(H,25,29). The van der Waals surface area contributed by atoms with Crippen LogP contribution in [0.4, 0.5) is 11.4 Å². The van der Waals surface area contributed by atoms with Crippen LogP contribution in [-0.2, 0) is 4.79 Å². The Hall–Kier alpha value is -3.61. The summed E-state index contributed by atoms with van der Waals surface area (Å²) >= 11 is 0. The largest absolute Gasteiger partial charge is 0.482 e. The third-order valence-corrected chi connectivity index (χ3v) is 5.46. The molecule has 160 valence electrons. The number of carbonyl (C=O) groups excluding carboxylic acids is 2. The maximum absolute atomic E-state index is 12.8. The number of aryl methyl sites for hydroxylation is 2. The minimum atomic E-state index is -0.541. The van der Waals surface area contributed by atoms with Crippen molar-refractivity contribution in [3.05, 3.63) is 63.5 Å². The van der Waals surface area contributed by atoms with Crippen LogP contribution < -0.4 is 20.4 Å². The first-order valence-corrected chi connectivity index (χ1v) is 10.3. The highest BCUT2D eigenvalue weighted by Gasteiger charge is 2.25. The molecule has 0 fully saturated rings. The molecule has 1 aliphatic heterocycles. The molecule has 4 rings (SSSR count). The quantitative estimate of drug-likeness (QED) is 0.669.